The standard InChI is InChI=1S/C20H28N2O4S2/c1-5-16(4)19-10-8-9-11-20(19)21-27(23,24)17-12-14-18(15-13-17)28(25,26)22(6-2)7-3/h8-16,21H,5-7H2,1-4H3/t16-/m0/s1. The second kappa shape index (κ2) is 9.07. The van der Waals surface area contributed by atoms with Crippen LogP contribution in [0.3, 0.4) is 0 Å². The second-order valence-corrected chi connectivity index (χ2v) is 10.2. The zero-order chi connectivity index (χ0) is 20.9. The molecule has 0 aliphatic rings. The summed E-state index contributed by atoms with van der Waals surface area (Å²) in [6, 6.07) is 12.6. The Balaban J connectivity index is 2.34. The van der Waals surface area contributed by atoms with Crippen molar-refractivity contribution >= 4 is 25.7 Å². The third-order valence-corrected chi connectivity index (χ3v) is 8.27. The van der Waals surface area contributed by atoms with Crippen LogP contribution in [0.2, 0.25) is 0 Å². The monoisotopic (exact) mass is 424 g/mol. The lowest BCUT2D eigenvalue weighted by Gasteiger charge is -2.19. The number of para-hydroxylation sites is 1. The van der Waals surface area contributed by atoms with Gasteiger partial charge in [-0.05, 0) is 48.2 Å². The van der Waals surface area contributed by atoms with Crippen LogP contribution >= 0.6 is 0 Å². The summed E-state index contributed by atoms with van der Waals surface area (Å²) >= 11 is 0. The van der Waals surface area contributed by atoms with E-state index in [1.807, 2.05) is 26.0 Å². The Morgan fingerprint density at radius 1 is 0.857 bits per heavy atom. The van der Waals surface area contributed by atoms with Gasteiger partial charge in [0, 0.05) is 13.1 Å². The van der Waals surface area contributed by atoms with Crippen LogP contribution in [0.5, 0.6) is 0 Å². The van der Waals surface area contributed by atoms with Crippen molar-refractivity contribution in [3.63, 3.8) is 0 Å². The molecule has 6 nitrogen and oxygen atoms in total. The van der Waals surface area contributed by atoms with Crippen molar-refractivity contribution in [1.29, 1.82) is 0 Å². The Morgan fingerprint density at radius 2 is 1.39 bits per heavy atom. The van der Waals surface area contributed by atoms with Gasteiger partial charge in [-0.2, -0.15) is 4.31 Å². The first-order chi connectivity index (χ1) is 13.2. The zero-order valence-electron chi connectivity index (χ0n) is 16.7. The molecule has 28 heavy (non-hydrogen) atoms. The third kappa shape index (κ3) is 4.74. The minimum atomic E-state index is -3.83. The van der Waals surface area contributed by atoms with Crippen molar-refractivity contribution in [2.24, 2.45) is 0 Å². The molecule has 0 radical (unpaired) electrons. The molecule has 1 N–H and O–H groups in total. The van der Waals surface area contributed by atoms with Gasteiger partial charge in [-0.15, -0.1) is 0 Å². The molecule has 0 heterocycles. The van der Waals surface area contributed by atoms with E-state index >= 15 is 0 Å². The van der Waals surface area contributed by atoms with Crippen molar-refractivity contribution in [3.05, 3.63) is 54.1 Å². The van der Waals surface area contributed by atoms with Gasteiger partial charge in [-0.3, -0.25) is 4.72 Å². The molecule has 0 saturated carbocycles. The predicted octanol–water partition coefficient (Wildman–Crippen LogP) is 4.03. The minimum absolute atomic E-state index is 0.0185. The summed E-state index contributed by atoms with van der Waals surface area (Å²) in [6.07, 6.45) is 0.886. The van der Waals surface area contributed by atoms with E-state index in [2.05, 4.69) is 4.72 Å². The quantitative estimate of drug-likeness (QED) is 0.659. The number of hydrogen-bond donors (Lipinski definition) is 1. The maximum atomic E-state index is 12.8. The van der Waals surface area contributed by atoms with Crippen LogP contribution in [-0.2, 0) is 20.0 Å². The lowest BCUT2D eigenvalue weighted by molar-refractivity contribution is 0.445. The van der Waals surface area contributed by atoms with E-state index in [9.17, 15) is 16.8 Å². The maximum absolute atomic E-state index is 12.8. The van der Waals surface area contributed by atoms with E-state index in [1.165, 1.54) is 28.6 Å². The predicted molar refractivity (Wildman–Crippen MR) is 113 cm³/mol. The molecule has 2 rings (SSSR count). The summed E-state index contributed by atoms with van der Waals surface area (Å²) in [4.78, 5) is 0.0973. The number of rotatable bonds is 9. The fourth-order valence-corrected chi connectivity index (χ4v) is 5.49. The first-order valence-corrected chi connectivity index (χ1v) is 12.3. The summed E-state index contributed by atoms with van der Waals surface area (Å²) in [6.45, 7) is 8.32. The molecule has 0 unspecified atom stereocenters. The molecule has 0 aromatic heterocycles. The van der Waals surface area contributed by atoms with Gasteiger partial charge in [-0.25, -0.2) is 16.8 Å². The van der Waals surface area contributed by atoms with E-state index in [0.717, 1.165) is 12.0 Å². The largest absolute Gasteiger partial charge is 0.279 e. The molecule has 0 amide bonds. The Kier molecular flexibility index (Phi) is 7.25. The smallest absolute Gasteiger partial charge is 0.261 e. The molecule has 0 aliphatic heterocycles. The minimum Gasteiger partial charge on any atom is -0.279 e. The lowest BCUT2D eigenvalue weighted by atomic mass is 9.97. The summed E-state index contributed by atoms with van der Waals surface area (Å²) in [7, 11) is -7.46. The van der Waals surface area contributed by atoms with Gasteiger partial charge in [0.2, 0.25) is 10.0 Å². The van der Waals surface area contributed by atoms with Crippen molar-refractivity contribution < 1.29 is 16.8 Å². The number of anilines is 1. The molecule has 0 aliphatic carbocycles. The molecule has 0 fully saturated rings. The van der Waals surface area contributed by atoms with Crippen molar-refractivity contribution in [2.75, 3.05) is 17.8 Å². The van der Waals surface area contributed by atoms with Crippen LogP contribution in [0.25, 0.3) is 0 Å². The van der Waals surface area contributed by atoms with Crippen LogP contribution in [0.4, 0.5) is 5.69 Å². The summed E-state index contributed by atoms with van der Waals surface area (Å²) < 4.78 is 54.7. The molecule has 8 heteroatoms. The Bertz CT molecular complexity index is 997. The molecule has 0 bridgehead atoms. The van der Waals surface area contributed by atoms with Crippen molar-refractivity contribution in [3.8, 4) is 0 Å². The highest BCUT2D eigenvalue weighted by Crippen LogP contribution is 2.28. The van der Waals surface area contributed by atoms with Crippen LogP contribution in [0.1, 0.15) is 45.6 Å². The van der Waals surface area contributed by atoms with Crippen molar-refractivity contribution in [1.82, 2.24) is 4.31 Å². The number of benzene rings is 2. The van der Waals surface area contributed by atoms with Crippen LogP contribution in [0, 0.1) is 0 Å². The van der Waals surface area contributed by atoms with E-state index in [0.29, 0.717) is 18.8 Å². The molecular weight excluding hydrogens is 396 g/mol. The highest BCUT2D eigenvalue weighted by molar-refractivity contribution is 7.92. The third-order valence-electron chi connectivity index (χ3n) is 4.83. The van der Waals surface area contributed by atoms with Gasteiger partial charge in [0.15, 0.2) is 0 Å². The Morgan fingerprint density at radius 3 is 1.93 bits per heavy atom. The van der Waals surface area contributed by atoms with E-state index < -0.39 is 20.0 Å². The fraction of sp³-hybridized carbons (Fsp3) is 0.400. The van der Waals surface area contributed by atoms with Crippen LogP contribution in [-0.4, -0.2) is 34.2 Å². The number of hydrogen-bond acceptors (Lipinski definition) is 4. The van der Waals surface area contributed by atoms with E-state index in [4.69, 9.17) is 0 Å². The normalized spacial score (nSPS) is 13.5. The molecular formula is C20H28N2O4S2. The summed E-state index contributed by atoms with van der Waals surface area (Å²) in [5.74, 6) is 0.209. The fourth-order valence-electron chi connectivity index (χ4n) is 2.95. The Labute approximate surface area is 168 Å². The maximum Gasteiger partial charge on any atom is 0.261 e. The van der Waals surface area contributed by atoms with Gasteiger partial charge < -0.3 is 0 Å². The molecule has 2 aromatic carbocycles. The lowest BCUT2D eigenvalue weighted by Crippen LogP contribution is -2.30. The topological polar surface area (TPSA) is 83.5 Å². The highest BCUT2D eigenvalue weighted by Gasteiger charge is 2.23. The van der Waals surface area contributed by atoms with E-state index in [-0.39, 0.29) is 15.7 Å². The molecule has 154 valence electrons. The highest BCUT2D eigenvalue weighted by atomic mass is 32.2. The van der Waals surface area contributed by atoms with Gasteiger partial charge in [0.1, 0.15) is 0 Å². The first kappa shape index (κ1) is 22.4. The summed E-state index contributed by atoms with van der Waals surface area (Å²) in [5.41, 5.74) is 1.46. The number of sulfonamides is 2. The first-order valence-electron chi connectivity index (χ1n) is 9.39. The van der Waals surface area contributed by atoms with Gasteiger partial charge >= 0.3 is 0 Å². The summed E-state index contributed by atoms with van der Waals surface area (Å²) in [5, 5.41) is 0. The zero-order valence-corrected chi connectivity index (χ0v) is 18.3. The second-order valence-electron chi connectivity index (χ2n) is 6.56. The van der Waals surface area contributed by atoms with Crippen LogP contribution in [0.15, 0.2) is 58.3 Å². The molecule has 2 aromatic rings. The number of nitrogens with zero attached hydrogens (tertiary/aromatic N) is 1. The average Bonchev–Trinajstić information content (AvgIpc) is 2.68. The van der Waals surface area contributed by atoms with Gasteiger partial charge in [-0.1, -0.05) is 45.9 Å². The van der Waals surface area contributed by atoms with Gasteiger partial charge in [0.05, 0.1) is 15.5 Å². The molecule has 1 atom stereocenters. The Hall–Kier alpha value is -1.90. The SMILES string of the molecule is CC[C@H](C)c1ccccc1NS(=O)(=O)c1ccc(S(=O)(=O)N(CC)CC)cc1. The van der Waals surface area contributed by atoms with Crippen molar-refractivity contribution in [2.45, 2.75) is 49.8 Å². The van der Waals surface area contributed by atoms with E-state index in [1.54, 1.807) is 26.0 Å². The van der Waals surface area contributed by atoms with Crippen LogP contribution < -0.4 is 4.72 Å². The number of nitrogens with one attached hydrogen (secondary N) is 1. The average molecular weight is 425 g/mol. The van der Waals surface area contributed by atoms with Gasteiger partial charge in [0.25, 0.3) is 10.0 Å². The molecule has 0 saturated heterocycles. The molecule has 0 spiro atoms.